The minimum absolute atomic E-state index is 0. The molecule has 0 aromatic heterocycles. The minimum atomic E-state index is -2.37. The van der Waals surface area contributed by atoms with Crippen LogP contribution < -0.4 is 0 Å². The van der Waals surface area contributed by atoms with E-state index < -0.39 is 9.53 Å². The van der Waals surface area contributed by atoms with Gasteiger partial charge in [-0.05, 0) is 12.5 Å². The highest BCUT2D eigenvalue weighted by molar-refractivity contribution is 6.34. The van der Waals surface area contributed by atoms with Gasteiger partial charge in [0.25, 0.3) is 0 Å². The summed E-state index contributed by atoms with van der Waals surface area (Å²) in [5.74, 6) is 0. The SMILES string of the molecule is C.CCO[SiH](O)OCc1ccccc1. The van der Waals surface area contributed by atoms with Gasteiger partial charge in [-0.2, -0.15) is 0 Å². The van der Waals surface area contributed by atoms with Crippen molar-refractivity contribution in [2.24, 2.45) is 0 Å². The minimum Gasteiger partial charge on any atom is -0.392 e. The molecular weight excluding hydrogens is 196 g/mol. The summed E-state index contributed by atoms with van der Waals surface area (Å²) >= 11 is 0. The first-order valence-corrected chi connectivity index (χ1v) is 5.74. The van der Waals surface area contributed by atoms with E-state index in [0.29, 0.717) is 13.2 Å². The fraction of sp³-hybridized carbons (Fsp3) is 0.400. The Labute approximate surface area is 87.3 Å². The lowest BCUT2D eigenvalue weighted by molar-refractivity contribution is 0.132. The molecule has 0 fully saturated rings. The third-order valence-electron chi connectivity index (χ3n) is 1.54. The molecule has 1 atom stereocenters. The number of benzene rings is 1. The van der Waals surface area contributed by atoms with E-state index in [-0.39, 0.29) is 7.43 Å². The van der Waals surface area contributed by atoms with Crippen LogP contribution >= 0.6 is 0 Å². The molecule has 1 N–H and O–H groups in total. The van der Waals surface area contributed by atoms with E-state index in [1.165, 1.54) is 0 Å². The molecule has 0 amide bonds. The van der Waals surface area contributed by atoms with E-state index in [1.807, 2.05) is 37.3 Å². The summed E-state index contributed by atoms with van der Waals surface area (Å²) in [7, 11) is -2.37. The summed E-state index contributed by atoms with van der Waals surface area (Å²) in [5.41, 5.74) is 1.05. The van der Waals surface area contributed by atoms with E-state index in [2.05, 4.69) is 0 Å². The molecule has 3 nitrogen and oxygen atoms in total. The van der Waals surface area contributed by atoms with Crippen LogP contribution in [0, 0.1) is 0 Å². The van der Waals surface area contributed by atoms with Gasteiger partial charge in [0.15, 0.2) is 0 Å². The van der Waals surface area contributed by atoms with Crippen molar-refractivity contribution in [2.75, 3.05) is 6.61 Å². The molecule has 1 aromatic rings. The van der Waals surface area contributed by atoms with Gasteiger partial charge in [0, 0.05) is 6.61 Å². The van der Waals surface area contributed by atoms with Crippen LogP contribution in [0.25, 0.3) is 0 Å². The van der Waals surface area contributed by atoms with Crippen LogP contribution in [-0.2, 0) is 15.5 Å². The molecule has 0 heterocycles. The summed E-state index contributed by atoms with van der Waals surface area (Å²) in [6.45, 7) is 2.76. The molecule has 1 unspecified atom stereocenters. The van der Waals surface area contributed by atoms with Crippen LogP contribution in [0.15, 0.2) is 30.3 Å². The molecule has 0 aliphatic heterocycles. The maximum absolute atomic E-state index is 9.20. The normalized spacial score (nSPS) is 11.9. The second-order valence-corrected chi connectivity index (χ2v) is 3.84. The lowest BCUT2D eigenvalue weighted by Gasteiger charge is -2.08. The van der Waals surface area contributed by atoms with Gasteiger partial charge in [-0.25, -0.2) is 0 Å². The Balaban J connectivity index is 0.00000169. The maximum Gasteiger partial charge on any atom is 0.481 e. The molecule has 0 radical (unpaired) electrons. The molecule has 0 aliphatic carbocycles. The van der Waals surface area contributed by atoms with Gasteiger partial charge in [-0.1, -0.05) is 37.8 Å². The molecule has 80 valence electrons. The van der Waals surface area contributed by atoms with E-state index in [0.717, 1.165) is 5.56 Å². The fourth-order valence-electron chi connectivity index (χ4n) is 0.932. The molecule has 0 spiro atoms. The molecule has 1 rings (SSSR count). The highest BCUT2D eigenvalue weighted by Gasteiger charge is 2.07. The van der Waals surface area contributed by atoms with Crippen LogP contribution in [0.1, 0.15) is 19.9 Å². The van der Waals surface area contributed by atoms with Gasteiger partial charge in [0.1, 0.15) is 0 Å². The summed E-state index contributed by atoms with van der Waals surface area (Å²) in [6.07, 6.45) is 0. The highest BCUT2D eigenvalue weighted by atomic mass is 28.3. The average Bonchev–Trinajstić information content (AvgIpc) is 2.17. The van der Waals surface area contributed by atoms with Crippen LogP contribution in [-0.4, -0.2) is 20.9 Å². The van der Waals surface area contributed by atoms with E-state index in [9.17, 15) is 4.80 Å². The van der Waals surface area contributed by atoms with E-state index >= 15 is 0 Å². The molecule has 14 heavy (non-hydrogen) atoms. The summed E-state index contributed by atoms with van der Waals surface area (Å²) in [4.78, 5) is 9.20. The maximum atomic E-state index is 9.20. The quantitative estimate of drug-likeness (QED) is 0.756. The van der Waals surface area contributed by atoms with Gasteiger partial charge < -0.3 is 13.6 Å². The third-order valence-corrected chi connectivity index (χ3v) is 2.61. The van der Waals surface area contributed by atoms with Crippen molar-refractivity contribution >= 4 is 9.53 Å². The number of rotatable bonds is 5. The first-order chi connectivity index (χ1) is 6.33. The first kappa shape index (κ1) is 13.3. The van der Waals surface area contributed by atoms with Crippen LogP contribution in [0.4, 0.5) is 0 Å². The molecule has 0 bridgehead atoms. The smallest absolute Gasteiger partial charge is 0.392 e. The lowest BCUT2D eigenvalue weighted by Crippen LogP contribution is -2.22. The topological polar surface area (TPSA) is 38.7 Å². The third kappa shape index (κ3) is 5.13. The van der Waals surface area contributed by atoms with Gasteiger partial charge in [-0.3, -0.25) is 0 Å². The summed E-state index contributed by atoms with van der Waals surface area (Å²) in [6, 6.07) is 9.72. The predicted octanol–water partition coefficient (Wildman–Crippen LogP) is 1.59. The lowest BCUT2D eigenvalue weighted by atomic mass is 10.2. The molecule has 0 saturated carbocycles. The van der Waals surface area contributed by atoms with Crippen LogP contribution in [0.2, 0.25) is 0 Å². The second kappa shape index (κ2) is 7.70. The summed E-state index contributed by atoms with van der Waals surface area (Å²) < 4.78 is 10.1. The van der Waals surface area contributed by atoms with Crippen molar-refractivity contribution in [2.45, 2.75) is 21.0 Å². The molecule has 4 heteroatoms. The second-order valence-electron chi connectivity index (χ2n) is 2.56. The Bertz CT molecular complexity index is 228. The average molecular weight is 214 g/mol. The van der Waals surface area contributed by atoms with Crippen molar-refractivity contribution in [3.8, 4) is 0 Å². The zero-order chi connectivity index (χ0) is 9.52. The van der Waals surface area contributed by atoms with Gasteiger partial charge in [0.2, 0.25) is 0 Å². The molecule has 0 aliphatic rings. The molecule has 1 aromatic carbocycles. The molecular formula is C10H18O3Si. The number of hydrogen-bond donors (Lipinski definition) is 1. The Morgan fingerprint density at radius 3 is 2.43 bits per heavy atom. The van der Waals surface area contributed by atoms with Crippen LogP contribution in [0.3, 0.4) is 0 Å². The van der Waals surface area contributed by atoms with Gasteiger partial charge in [0.05, 0.1) is 6.61 Å². The summed E-state index contributed by atoms with van der Waals surface area (Å²) in [5, 5.41) is 0. The Kier molecular flexibility index (Phi) is 7.32. The van der Waals surface area contributed by atoms with Gasteiger partial charge in [-0.15, -0.1) is 0 Å². The molecule has 0 saturated heterocycles. The Morgan fingerprint density at radius 2 is 1.86 bits per heavy atom. The largest absolute Gasteiger partial charge is 0.481 e. The number of hydrogen-bond acceptors (Lipinski definition) is 3. The zero-order valence-electron chi connectivity index (χ0n) is 7.64. The standard InChI is InChI=1S/C9H14O3Si.CH4/c1-2-11-13(10)12-8-9-6-4-3-5-7-9;/h3-7,10,13H,2,8H2,1H3;1H4. The Morgan fingerprint density at radius 1 is 1.21 bits per heavy atom. The Hall–Kier alpha value is -0.683. The van der Waals surface area contributed by atoms with Crippen LogP contribution in [0.5, 0.6) is 0 Å². The van der Waals surface area contributed by atoms with Gasteiger partial charge >= 0.3 is 9.53 Å². The monoisotopic (exact) mass is 214 g/mol. The first-order valence-electron chi connectivity index (χ1n) is 4.28. The zero-order valence-corrected chi connectivity index (χ0v) is 8.80. The fourth-order valence-corrected chi connectivity index (χ4v) is 1.65. The highest BCUT2D eigenvalue weighted by Crippen LogP contribution is 2.01. The van der Waals surface area contributed by atoms with Crippen molar-refractivity contribution in [3.05, 3.63) is 35.9 Å². The van der Waals surface area contributed by atoms with E-state index in [1.54, 1.807) is 0 Å². The van der Waals surface area contributed by atoms with Crippen molar-refractivity contribution in [1.82, 2.24) is 0 Å². The predicted molar refractivity (Wildman–Crippen MR) is 59.0 cm³/mol. The van der Waals surface area contributed by atoms with Crippen molar-refractivity contribution < 1.29 is 13.6 Å². The van der Waals surface area contributed by atoms with Crippen molar-refractivity contribution in [3.63, 3.8) is 0 Å². The van der Waals surface area contributed by atoms with E-state index in [4.69, 9.17) is 8.85 Å². The van der Waals surface area contributed by atoms with Crippen molar-refractivity contribution in [1.29, 1.82) is 0 Å².